The zero-order chi connectivity index (χ0) is 11.5. The highest BCUT2D eigenvalue weighted by atomic mass is 35.5. The molecule has 0 amide bonds. The topological polar surface area (TPSA) is 43.8 Å². The van der Waals surface area contributed by atoms with Crippen molar-refractivity contribution in [1.82, 2.24) is 9.78 Å². The van der Waals surface area contributed by atoms with E-state index in [9.17, 15) is 0 Å². The molecule has 2 N–H and O–H groups in total. The van der Waals surface area contributed by atoms with Crippen LogP contribution in [0, 0.1) is 0 Å². The SMILES string of the molecule is NCCc1cnn(-c2ccccc2Cl)c1Cl. The molecule has 1 aromatic heterocycles. The van der Waals surface area contributed by atoms with Crippen molar-refractivity contribution in [3.63, 3.8) is 0 Å². The second kappa shape index (κ2) is 4.87. The van der Waals surface area contributed by atoms with Crippen molar-refractivity contribution in [3.8, 4) is 5.69 Å². The molecule has 0 radical (unpaired) electrons. The highest BCUT2D eigenvalue weighted by molar-refractivity contribution is 6.33. The molecular weight excluding hydrogens is 245 g/mol. The Hall–Kier alpha value is -1.03. The van der Waals surface area contributed by atoms with Crippen LogP contribution in [0.1, 0.15) is 5.56 Å². The number of halogens is 2. The summed E-state index contributed by atoms with van der Waals surface area (Å²) < 4.78 is 1.62. The van der Waals surface area contributed by atoms with Crippen LogP contribution in [0.4, 0.5) is 0 Å². The van der Waals surface area contributed by atoms with Crippen LogP contribution in [0.5, 0.6) is 0 Å². The van der Waals surface area contributed by atoms with Crippen molar-refractivity contribution in [1.29, 1.82) is 0 Å². The van der Waals surface area contributed by atoms with E-state index in [1.54, 1.807) is 16.9 Å². The number of aromatic nitrogens is 2. The van der Waals surface area contributed by atoms with Gasteiger partial charge in [-0.3, -0.25) is 0 Å². The van der Waals surface area contributed by atoms with E-state index in [2.05, 4.69) is 5.10 Å². The van der Waals surface area contributed by atoms with E-state index in [0.29, 0.717) is 23.1 Å². The van der Waals surface area contributed by atoms with Gasteiger partial charge >= 0.3 is 0 Å². The standard InChI is InChI=1S/C11H11Cl2N3/c12-9-3-1-2-4-10(9)16-11(13)8(5-6-14)7-15-16/h1-4,7H,5-6,14H2. The van der Waals surface area contributed by atoms with Crippen LogP contribution in [0.2, 0.25) is 10.2 Å². The van der Waals surface area contributed by atoms with E-state index >= 15 is 0 Å². The number of hydrogen-bond donors (Lipinski definition) is 1. The van der Waals surface area contributed by atoms with Crippen molar-refractivity contribution in [3.05, 3.63) is 46.2 Å². The van der Waals surface area contributed by atoms with Gasteiger partial charge in [0.1, 0.15) is 5.15 Å². The molecule has 5 heteroatoms. The van der Waals surface area contributed by atoms with Gasteiger partial charge in [-0.15, -0.1) is 0 Å². The summed E-state index contributed by atoms with van der Waals surface area (Å²) in [7, 11) is 0. The molecule has 0 aliphatic rings. The normalized spacial score (nSPS) is 10.7. The van der Waals surface area contributed by atoms with Gasteiger partial charge in [-0.1, -0.05) is 35.3 Å². The molecule has 0 aliphatic heterocycles. The number of benzene rings is 1. The maximum Gasteiger partial charge on any atom is 0.136 e. The number of para-hydroxylation sites is 1. The third kappa shape index (κ3) is 2.07. The molecule has 0 aliphatic carbocycles. The van der Waals surface area contributed by atoms with Gasteiger partial charge in [-0.25, -0.2) is 4.68 Å². The lowest BCUT2D eigenvalue weighted by atomic mass is 10.2. The van der Waals surface area contributed by atoms with E-state index in [1.165, 1.54) is 0 Å². The molecule has 2 aromatic rings. The lowest BCUT2D eigenvalue weighted by Gasteiger charge is -2.05. The Morgan fingerprint density at radius 3 is 2.69 bits per heavy atom. The van der Waals surface area contributed by atoms with E-state index in [0.717, 1.165) is 11.3 Å². The second-order valence-electron chi connectivity index (χ2n) is 3.36. The molecule has 84 valence electrons. The van der Waals surface area contributed by atoms with Gasteiger partial charge in [0.2, 0.25) is 0 Å². The summed E-state index contributed by atoms with van der Waals surface area (Å²) in [6.45, 7) is 0.550. The zero-order valence-electron chi connectivity index (χ0n) is 8.53. The first-order valence-electron chi connectivity index (χ1n) is 4.91. The van der Waals surface area contributed by atoms with Crippen LogP contribution in [0.15, 0.2) is 30.5 Å². The Morgan fingerprint density at radius 2 is 2.00 bits per heavy atom. The van der Waals surface area contributed by atoms with E-state index in [-0.39, 0.29) is 0 Å². The Morgan fingerprint density at radius 1 is 1.25 bits per heavy atom. The van der Waals surface area contributed by atoms with E-state index in [1.807, 2.05) is 18.2 Å². The smallest absolute Gasteiger partial charge is 0.136 e. The summed E-state index contributed by atoms with van der Waals surface area (Å²) in [4.78, 5) is 0. The fraction of sp³-hybridized carbons (Fsp3) is 0.182. The fourth-order valence-corrected chi connectivity index (χ4v) is 1.98. The predicted molar refractivity (Wildman–Crippen MR) is 66.3 cm³/mol. The van der Waals surface area contributed by atoms with Gasteiger partial charge in [0.05, 0.1) is 16.9 Å². The van der Waals surface area contributed by atoms with Gasteiger partial charge in [0.25, 0.3) is 0 Å². The van der Waals surface area contributed by atoms with Gasteiger partial charge in [-0.05, 0) is 25.1 Å². The van der Waals surface area contributed by atoms with Crippen LogP contribution in [-0.2, 0) is 6.42 Å². The lowest BCUT2D eigenvalue weighted by Crippen LogP contribution is -2.03. The minimum absolute atomic E-state index is 0.550. The van der Waals surface area contributed by atoms with Crippen molar-refractivity contribution in [2.45, 2.75) is 6.42 Å². The van der Waals surface area contributed by atoms with Gasteiger partial charge < -0.3 is 5.73 Å². The first-order valence-corrected chi connectivity index (χ1v) is 5.67. The summed E-state index contributed by atoms with van der Waals surface area (Å²) in [6.07, 6.45) is 2.43. The van der Waals surface area contributed by atoms with Gasteiger partial charge in [-0.2, -0.15) is 5.10 Å². The second-order valence-corrected chi connectivity index (χ2v) is 4.13. The number of nitrogens with zero attached hydrogens (tertiary/aromatic N) is 2. The monoisotopic (exact) mass is 255 g/mol. The Balaban J connectivity index is 2.45. The fourth-order valence-electron chi connectivity index (χ4n) is 1.48. The maximum atomic E-state index is 6.20. The molecule has 0 atom stereocenters. The molecule has 2 rings (SSSR count). The summed E-state index contributed by atoms with van der Waals surface area (Å²) in [5.74, 6) is 0. The molecule has 0 spiro atoms. The molecule has 0 saturated heterocycles. The predicted octanol–water partition coefficient (Wildman–Crippen LogP) is 2.68. The van der Waals surface area contributed by atoms with Crippen molar-refractivity contribution >= 4 is 23.2 Å². The first kappa shape index (κ1) is 11.5. The summed E-state index contributed by atoms with van der Waals surface area (Å²) in [5, 5.41) is 5.40. The Labute approximate surface area is 104 Å². The highest BCUT2D eigenvalue weighted by Gasteiger charge is 2.11. The molecule has 0 unspecified atom stereocenters. The van der Waals surface area contributed by atoms with E-state index in [4.69, 9.17) is 28.9 Å². The molecule has 0 bridgehead atoms. The largest absolute Gasteiger partial charge is 0.330 e. The minimum Gasteiger partial charge on any atom is -0.330 e. The van der Waals surface area contributed by atoms with Crippen LogP contribution in [-0.4, -0.2) is 16.3 Å². The third-order valence-electron chi connectivity index (χ3n) is 2.27. The first-order chi connectivity index (χ1) is 7.74. The molecule has 0 fully saturated rings. The van der Waals surface area contributed by atoms with Crippen LogP contribution in [0.3, 0.4) is 0 Å². The van der Waals surface area contributed by atoms with Crippen molar-refractivity contribution in [2.24, 2.45) is 5.73 Å². The average molecular weight is 256 g/mol. The molecule has 0 saturated carbocycles. The Bertz CT molecular complexity index is 494. The van der Waals surface area contributed by atoms with Crippen molar-refractivity contribution in [2.75, 3.05) is 6.54 Å². The van der Waals surface area contributed by atoms with Gasteiger partial charge in [0.15, 0.2) is 0 Å². The lowest BCUT2D eigenvalue weighted by molar-refractivity contribution is 0.880. The number of hydrogen-bond acceptors (Lipinski definition) is 2. The molecule has 3 nitrogen and oxygen atoms in total. The van der Waals surface area contributed by atoms with Crippen LogP contribution in [0.25, 0.3) is 5.69 Å². The quantitative estimate of drug-likeness (QED) is 0.917. The number of rotatable bonds is 3. The van der Waals surface area contributed by atoms with E-state index < -0.39 is 0 Å². The maximum absolute atomic E-state index is 6.20. The van der Waals surface area contributed by atoms with Crippen molar-refractivity contribution < 1.29 is 0 Å². The summed E-state index contributed by atoms with van der Waals surface area (Å²) >= 11 is 12.3. The third-order valence-corrected chi connectivity index (χ3v) is 3.00. The molecule has 16 heavy (non-hydrogen) atoms. The van der Waals surface area contributed by atoms with Crippen LogP contribution < -0.4 is 5.73 Å². The molecular formula is C11H11Cl2N3. The number of nitrogens with two attached hydrogens (primary N) is 1. The highest BCUT2D eigenvalue weighted by Crippen LogP contribution is 2.25. The van der Waals surface area contributed by atoms with Crippen LogP contribution >= 0.6 is 23.2 Å². The molecule has 1 heterocycles. The minimum atomic E-state index is 0.550. The average Bonchev–Trinajstić information content (AvgIpc) is 2.62. The van der Waals surface area contributed by atoms with Gasteiger partial charge in [0, 0.05) is 5.56 Å². The molecule has 1 aromatic carbocycles. The summed E-state index contributed by atoms with van der Waals surface area (Å²) in [6, 6.07) is 7.43. The zero-order valence-corrected chi connectivity index (χ0v) is 10.0. The Kier molecular flexibility index (Phi) is 3.49. The summed E-state index contributed by atoms with van der Waals surface area (Å²) in [5.41, 5.74) is 7.20.